The third-order valence-electron chi connectivity index (χ3n) is 5.09. The summed E-state index contributed by atoms with van der Waals surface area (Å²) in [6.45, 7) is 2.01. The molecule has 1 aliphatic heterocycles. The van der Waals surface area contributed by atoms with E-state index in [0.717, 1.165) is 37.2 Å². The van der Waals surface area contributed by atoms with Crippen molar-refractivity contribution >= 4 is 17.1 Å². The summed E-state index contributed by atoms with van der Waals surface area (Å²) in [7, 11) is 0. The average molecular weight is 390 g/mol. The molecule has 0 unspecified atom stereocenters. The van der Waals surface area contributed by atoms with Crippen LogP contribution in [0.25, 0.3) is 11.3 Å². The molecule has 29 heavy (non-hydrogen) atoms. The molecule has 1 saturated heterocycles. The fraction of sp³-hybridized carbons (Fsp3) is 0.227. The van der Waals surface area contributed by atoms with Crippen LogP contribution in [-0.4, -0.2) is 34.8 Å². The highest BCUT2D eigenvalue weighted by atomic mass is 19.1. The topological polar surface area (TPSA) is 99.7 Å². The smallest absolute Gasteiger partial charge is 0.132 e. The van der Waals surface area contributed by atoms with Gasteiger partial charge in [-0.15, -0.1) is 0 Å². The Balaban J connectivity index is 1.63. The van der Waals surface area contributed by atoms with Crippen LogP contribution in [0.5, 0.6) is 0 Å². The fourth-order valence-electron chi connectivity index (χ4n) is 3.51. The lowest BCUT2D eigenvalue weighted by Crippen LogP contribution is -2.35. The molecule has 148 valence electrons. The molecule has 0 spiro atoms. The molecule has 1 aliphatic rings. The van der Waals surface area contributed by atoms with Crippen molar-refractivity contribution in [2.24, 2.45) is 0 Å². The van der Waals surface area contributed by atoms with Gasteiger partial charge in [-0.05, 0) is 50.2 Å². The van der Waals surface area contributed by atoms with E-state index in [0.29, 0.717) is 23.0 Å². The van der Waals surface area contributed by atoms with E-state index in [1.807, 2.05) is 6.07 Å². The van der Waals surface area contributed by atoms with Gasteiger partial charge in [-0.3, -0.25) is 15.4 Å². The number of piperidine rings is 1. The average Bonchev–Trinajstić information content (AvgIpc) is 2.75. The Morgan fingerprint density at radius 1 is 1.10 bits per heavy atom. The van der Waals surface area contributed by atoms with Gasteiger partial charge in [-0.2, -0.15) is 0 Å². The molecule has 7 heteroatoms. The number of nitrogen functional groups attached to an aromatic ring is 1. The van der Waals surface area contributed by atoms with Crippen molar-refractivity contribution in [1.29, 1.82) is 5.41 Å². The number of nitrogens with one attached hydrogen (secondary N) is 3. The van der Waals surface area contributed by atoms with Gasteiger partial charge in [0.25, 0.3) is 0 Å². The highest BCUT2D eigenvalue weighted by molar-refractivity contribution is 6.14. The maximum Gasteiger partial charge on any atom is 0.132 e. The first-order valence-electron chi connectivity index (χ1n) is 9.64. The second kappa shape index (κ2) is 8.36. The van der Waals surface area contributed by atoms with Crippen LogP contribution in [0.3, 0.4) is 0 Å². The van der Waals surface area contributed by atoms with Crippen LogP contribution in [-0.2, 0) is 0 Å². The normalized spacial score (nSPS) is 14.5. The highest BCUT2D eigenvalue weighted by Gasteiger charge is 2.16. The number of halogens is 1. The Bertz CT molecular complexity index is 1030. The van der Waals surface area contributed by atoms with Gasteiger partial charge in [0.2, 0.25) is 0 Å². The Kier molecular flexibility index (Phi) is 5.48. The van der Waals surface area contributed by atoms with Gasteiger partial charge in [0.1, 0.15) is 5.82 Å². The Labute approximate surface area is 168 Å². The van der Waals surface area contributed by atoms with Crippen molar-refractivity contribution in [2.75, 3.05) is 24.1 Å². The molecule has 2 aromatic heterocycles. The zero-order valence-corrected chi connectivity index (χ0v) is 16.0. The number of benzene rings is 1. The van der Waals surface area contributed by atoms with E-state index in [-0.39, 0.29) is 11.3 Å². The molecule has 0 radical (unpaired) electrons. The Morgan fingerprint density at radius 3 is 2.69 bits per heavy atom. The predicted octanol–water partition coefficient (Wildman–Crippen LogP) is 3.44. The zero-order valence-electron chi connectivity index (χ0n) is 16.0. The first-order chi connectivity index (χ1) is 14.1. The number of hydrogen-bond donors (Lipinski definition) is 4. The summed E-state index contributed by atoms with van der Waals surface area (Å²) in [6, 6.07) is 10.3. The van der Waals surface area contributed by atoms with Crippen LogP contribution in [0.2, 0.25) is 0 Å². The lowest BCUT2D eigenvalue weighted by atomic mass is 9.99. The first-order valence-corrected chi connectivity index (χ1v) is 9.64. The predicted molar refractivity (Wildman–Crippen MR) is 114 cm³/mol. The summed E-state index contributed by atoms with van der Waals surface area (Å²) in [5.41, 5.74) is 9.43. The van der Waals surface area contributed by atoms with Gasteiger partial charge < -0.3 is 16.4 Å². The maximum absolute atomic E-state index is 14.1. The summed E-state index contributed by atoms with van der Waals surface area (Å²) >= 11 is 0. The number of nitrogens with two attached hydrogens (primary N) is 1. The van der Waals surface area contributed by atoms with Gasteiger partial charge in [-0.25, -0.2) is 4.39 Å². The number of nitrogens with zero attached hydrogens (tertiary/aromatic N) is 2. The molecule has 0 atom stereocenters. The minimum Gasteiger partial charge on any atom is -0.397 e. The van der Waals surface area contributed by atoms with Crippen LogP contribution in [0.15, 0.2) is 55.0 Å². The zero-order chi connectivity index (χ0) is 20.2. The summed E-state index contributed by atoms with van der Waals surface area (Å²) in [6.07, 6.45) is 7.16. The molecule has 4 rings (SSSR count). The van der Waals surface area contributed by atoms with E-state index in [4.69, 9.17) is 11.1 Å². The standard InChI is InChI=1S/C22H23FN6/c23-19-4-2-1-3-17(19)22(25)18-10-21(28-13-20(18)24)14-9-16(12-27-11-14)29-15-5-7-26-8-6-15/h1-4,9-13,15,25-26,29H,5-8,24H2. The first kappa shape index (κ1) is 19.0. The Morgan fingerprint density at radius 2 is 1.90 bits per heavy atom. The van der Waals surface area contributed by atoms with Crippen molar-refractivity contribution < 1.29 is 4.39 Å². The lowest BCUT2D eigenvalue weighted by molar-refractivity contribution is 0.479. The summed E-state index contributed by atoms with van der Waals surface area (Å²) in [5, 5.41) is 15.3. The molecule has 6 nitrogen and oxygen atoms in total. The van der Waals surface area contributed by atoms with E-state index in [1.54, 1.807) is 36.7 Å². The highest BCUT2D eigenvalue weighted by Crippen LogP contribution is 2.26. The molecule has 1 aromatic carbocycles. The second-order valence-corrected chi connectivity index (χ2v) is 7.14. The molecular weight excluding hydrogens is 367 g/mol. The van der Waals surface area contributed by atoms with Crippen LogP contribution in [0.4, 0.5) is 15.8 Å². The molecule has 3 heterocycles. The molecule has 5 N–H and O–H groups in total. The monoisotopic (exact) mass is 390 g/mol. The third kappa shape index (κ3) is 4.25. The molecule has 0 aliphatic carbocycles. The largest absolute Gasteiger partial charge is 0.397 e. The van der Waals surface area contributed by atoms with E-state index in [2.05, 4.69) is 20.6 Å². The minimum absolute atomic E-state index is 0.0289. The van der Waals surface area contributed by atoms with Gasteiger partial charge in [-0.1, -0.05) is 12.1 Å². The van der Waals surface area contributed by atoms with Crippen molar-refractivity contribution in [3.63, 3.8) is 0 Å². The van der Waals surface area contributed by atoms with Crippen molar-refractivity contribution in [3.05, 3.63) is 71.9 Å². The van der Waals surface area contributed by atoms with E-state index in [9.17, 15) is 4.39 Å². The Hall–Kier alpha value is -3.32. The quantitative estimate of drug-likeness (QED) is 0.500. The van der Waals surface area contributed by atoms with E-state index in [1.165, 1.54) is 12.3 Å². The number of anilines is 2. The van der Waals surface area contributed by atoms with Crippen LogP contribution < -0.4 is 16.4 Å². The van der Waals surface area contributed by atoms with Crippen molar-refractivity contribution in [3.8, 4) is 11.3 Å². The summed E-state index contributed by atoms with van der Waals surface area (Å²) in [4.78, 5) is 8.74. The van der Waals surface area contributed by atoms with Crippen LogP contribution in [0, 0.1) is 11.2 Å². The van der Waals surface area contributed by atoms with Crippen LogP contribution >= 0.6 is 0 Å². The fourth-order valence-corrected chi connectivity index (χ4v) is 3.51. The summed E-state index contributed by atoms with van der Waals surface area (Å²) < 4.78 is 14.1. The molecule has 3 aromatic rings. The molecular formula is C22H23FN6. The van der Waals surface area contributed by atoms with E-state index < -0.39 is 5.82 Å². The van der Waals surface area contributed by atoms with Gasteiger partial charge in [0, 0.05) is 35.1 Å². The number of rotatable bonds is 5. The minimum atomic E-state index is -0.454. The SMILES string of the molecule is N=C(c1cc(-c2cncc(NC3CCNCC3)c2)ncc1N)c1ccccc1F. The number of pyridine rings is 2. The molecule has 0 amide bonds. The molecule has 0 bridgehead atoms. The van der Waals surface area contributed by atoms with Crippen LogP contribution in [0.1, 0.15) is 24.0 Å². The summed E-state index contributed by atoms with van der Waals surface area (Å²) in [5.74, 6) is -0.454. The van der Waals surface area contributed by atoms with Gasteiger partial charge in [0.05, 0.1) is 29.0 Å². The van der Waals surface area contributed by atoms with Crippen molar-refractivity contribution in [2.45, 2.75) is 18.9 Å². The second-order valence-electron chi connectivity index (χ2n) is 7.14. The maximum atomic E-state index is 14.1. The van der Waals surface area contributed by atoms with Crippen molar-refractivity contribution in [1.82, 2.24) is 15.3 Å². The lowest BCUT2D eigenvalue weighted by Gasteiger charge is -2.24. The van der Waals surface area contributed by atoms with E-state index >= 15 is 0 Å². The number of hydrogen-bond acceptors (Lipinski definition) is 6. The van der Waals surface area contributed by atoms with Gasteiger partial charge >= 0.3 is 0 Å². The molecule has 0 saturated carbocycles. The number of aromatic nitrogens is 2. The van der Waals surface area contributed by atoms with Gasteiger partial charge in [0.15, 0.2) is 0 Å². The third-order valence-corrected chi connectivity index (χ3v) is 5.09. The molecule has 1 fully saturated rings.